The minimum absolute atomic E-state index is 0.0454. The topological polar surface area (TPSA) is 37.3 Å². The number of carboxylic acids is 1. The van der Waals surface area contributed by atoms with E-state index in [0.29, 0.717) is 5.41 Å². The Morgan fingerprint density at radius 2 is 1.80 bits per heavy atom. The highest BCUT2D eigenvalue weighted by Crippen LogP contribution is 2.66. The molecule has 0 aromatic heterocycles. The summed E-state index contributed by atoms with van der Waals surface area (Å²) in [5, 5.41) is 9.38. The first-order valence-corrected chi connectivity index (χ1v) is 6.52. The number of thioether (sulfide) groups is 1. The zero-order valence-corrected chi connectivity index (χ0v) is 10.6. The Kier molecular flexibility index (Phi) is 2.38. The van der Waals surface area contributed by atoms with E-state index >= 15 is 0 Å². The maximum Gasteiger partial charge on any atom is 0.319 e. The highest BCUT2D eigenvalue weighted by atomic mass is 32.2. The van der Waals surface area contributed by atoms with Gasteiger partial charge in [-0.1, -0.05) is 27.2 Å². The molecular formula is C12H20O2S. The van der Waals surface area contributed by atoms with Crippen molar-refractivity contribution in [2.45, 2.75) is 62.4 Å². The lowest BCUT2D eigenvalue weighted by Crippen LogP contribution is -2.58. The van der Waals surface area contributed by atoms with Crippen LogP contribution in [0.5, 0.6) is 0 Å². The second kappa shape index (κ2) is 3.16. The lowest BCUT2D eigenvalue weighted by molar-refractivity contribution is -0.150. The zero-order chi connectivity index (χ0) is 11.3. The number of hydrogen-bond donors (Lipinski definition) is 1. The van der Waals surface area contributed by atoms with Gasteiger partial charge in [0.1, 0.15) is 4.75 Å². The monoisotopic (exact) mass is 228 g/mol. The standard InChI is InChI=1S/C12H20O2S/c1-10(2,3)15-12(9(13)14)7-11(8-12)5-4-6-11/h4-8H2,1-3H3,(H,13,14). The first kappa shape index (κ1) is 11.3. The maximum atomic E-state index is 11.4. The molecule has 0 amide bonds. The molecule has 0 saturated heterocycles. The van der Waals surface area contributed by atoms with Crippen LogP contribution in [0.3, 0.4) is 0 Å². The van der Waals surface area contributed by atoms with Gasteiger partial charge in [0.2, 0.25) is 0 Å². The van der Waals surface area contributed by atoms with Crippen molar-refractivity contribution in [2.75, 3.05) is 0 Å². The SMILES string of the molecule is CC(C)(C)SC1(C(=O)O)CC2(CCC2)C1. The zero-order valence-electron chi connectivity index (χ0n) is 9.80. The van der Waals surface area contributed by atoms with E-state index in [4.69, 9.17) is 0 Å². The van der Waals surface area contributed by atoms with Gasteiger partial charge in [0, 0.05) is 4.75 Å². The fourth-order valence-electron chi connectivity index (χ4n) is 3.04. The molecule has 2 rings (SSSR count). The Morgan fingerprint density at radius 1 is 1.27 bits per heavy atom. The number of carboxylic acid groups (broad SMARTS) is 1. The molecule has 0 unspecified atom stereocenters. The number of aliphatic carboxylic acids is 1. The largest absolute Gasteiger partial charge is 0.480 e. The fraction of sp³-hybridized carbons (Fsp3) is 0.917. The number of rotatable bonds is 2. The van der Waals surface area contributed by atoms with Crippen molar-refractivity contribution in [1.82, 2.24) is 0 Å². The summed E-state index contributed by atoms with van der Waals surface area (Å²) < 4.78 is -0.428. The molecule has 2 aliphatic carbocycles. The molecule has 0 aliphatic heterocycles. The van der Waals surface area contributed by atoms with Gasteiger partial charge in [-0.25, -0.2) is 0 Å². The molecule has 0 aromatic carbocycles. The molecule has 2 nitrogen and oxygen atoms in total. The Labute approximate surface area is 95.8 Å². The molecular weight excluding hydrogens is 208 g/mol. The van der Waals surface area contributed by atoms with Crippen LogP contribution in [0.25, 0.3) is 0 Å². The van der Waals surface area contributed by atoms with Crippen molar-refractivity contribution in [3.8, 4) is 0 Å². The van der Waals surface area contributed by atoms with Crippen molar-refractivity contribution in [1.29, 1.82) is 0 Å². The van der Waals surface area contributed by atoms with Crippen molar-refractivity contribution < 1.29 is 9.90 Å². The highest BCUT2D eigenvalue weighted by molar-refractivity contribution is 8.02. The molecule has 15 heavy (non-hydrogen) atoms. The van der Waals surface area contributed by atoms with Gasteiger partial charge in [-0.15, -0.1) is 11.8 Å². The second-order valence-corrected chi connectivity index (χ2v) is 8.43. The molecule has 0 heterocycles. The summed E-state index contributed by atoms with van der Waals surface area (Å²) in [6.07, 6.45) is 5.61. The van der Waals surface area contributed by atoms with Gasteiger partial charge < -0.3 is 5.11 Å². The van der Waals surface area contributed by atoms with Crippen LogP contribution in [0.15, 0.2) is 0 Å². The quantitative estimate of drug-likeness (QED) is 0.788. The molecule has 0 atom stereocenters. The number of hydrogen-bond acceptors (Lipinski definition) is 2. The smallest absolute Gasteiger partial charge is 0.319 e. The lowest BCUT2D eigenvalue weighted by atomic mass is 9.51. The molecule has 86 valence electrons. The van der Waals surface area contributed by atoms with Crippen LogP contribution in [0.2, 0.25) is 0 Å². The maximum absolute atomic E-state index is 11.4. The van der Waals surface area contributed by atoms with Gasteiger partial charge in [0.05, 0.1) is 0 Å². The summed E-state index contributed by atoms with van der Waals surface area (Å²) in [6, 6.07) is 0. The normalized spacial score (nSPS) is 26.9. The first-order valence-electron chi connectivity index (χ1n) is 5.71. The van der Waals surface area contributed by atoms with Crippen molar-refractivity contribution >= 4 is 17.7 Å². The van der Waals surface area contributed by atoms with Crippen LogP contribution < -0.4 is 0 Å². The Morgan fingerprint density at radius 3 is 2.07 bits per heavy atom. The summed E-state index contributed by atoms with van der Waals surface area (Å²) in [5.41, 5.74) is 0.427. The van der Waals surface area contributed by atoms with Gasteiger partial charge in [-0.05, 0) is 31.1 Å². The Bertz CT molecular complexity index is 278. The fourth-order valence-corrected chi connectivity index (χ4v) is 5.06. The van der Waals surface area contributed by atoms with Gasteiger partial charge in [-0.3, -0.25) is 4.79 Å². The van der Waals surface area contributed by atoms with Crippen molar-refractivity contribution in [2.24, 2.45) is 5.41 Å². The van der Waals surface area contributed by atoms with Gasteiger partial charge >= 0.3 is 5.97 Å². The van der Waals surface area contributed by atoms with E-state index in [1.54, 1.807) is 11.8 Å². The summed E-state index contributed by atoms with van der Waals surface area (Å²) in [7, 11) is 0. The molecule has 2 aliphatic rings. The molecule has 2 fully saturated rings. The molecule has 0 aromatic rings. The van der Waals surface area contributed by atoms with E-state index in [1.807, 2.05) is 0 Å². The predicted octanol–water partition coefficient (Wildman–Crippen LogP) is 3.31. The molecule has 0 radical (unpaired) electrons. The Hall–Kier alpha value is -0.180. The summed E-state index contributed by atoms with van der Waals surface area (Å²) >= 11 is 1.65. The molecule has 1 N–H and O–H groups in total. The van der Waals surface area contributed by atoms with Gasteiger partial charge in [0.15, 0.2) is 0 Å². The minimum Gasteiger partial charge on any atom is -0.480 e. The van der Waals surface area contributed by atoms with Crippen LogP contribution >= 0.6 is 11.8 Å². The lowest BCUT2D eigenvalue weighted by Gasteiger charge is -2.59. The van der Waals surface area contributed by atoms with Gasteiger partial charge in [0.25, 0.3) is 0 Å². The van der Waals surface area contributed by atoms with E-state index in [-0.39, 0.29) is 4.75 Å². The van der Waals surface area contributed by atoms with E-state index in [1.165, 1.54) is 19.3 Å². The average molecular weight is 228 g/mol. The average Bonchev–Trinajstić information content (AvgIpc) is 1.88. The summed E-state index contributed by atoms with van der Waals surface area (Å²) in [5.74, 6) is -0.597. The number of carbonyl (C=O) groups is 1. The highest BCUT2D eigenvalue weighted by Gasteiger charge is 2.62. The van der Waals surface area contributed by atoms with Crippen LogP contribution in [0, 0.1) is 5.41 Å². The van der Waals surface area contributed by atoms with Crippen molar-refractivity contribution in [3.63, 3.8) is 0 Å². The minimum atomic E-state index is -0.597. The van der Waals surface area contributed by atoms with Crippen LogP contribution in [-0.4, -0.2) is 20.6 Å². The summed E-state index contributed by atoms with van der Waals surface area (Å²) in [4.78, 5) is 11.4. The molecule has 3 heteroatoms. The third-order valence-corrected chi connectivity index (χ3v) is 5.09. The second-order valence-electron chi connectivity index (χ2n) is 6.22. The molecule has 2 saturated carbocycles. The van der Waals surface area contributed by atoms with E-state index in [0.717, 1.165) is 12.8 Å². The van der Waals surface area contributed by atoms with Crippen LogP contribution in [-0.2, 0) is 4.79 Å². The predicted molar refractivity (Wildman–Crippen MR) is 63.2 cm³/mol. The van der Waals surface area contributed by atoms with Crippen molar-refractivity contribution in [3.05, 3.63) is 0 Å². The van der Waals surface area contributed by atoms with E-state index in [9.17, 15) is 9.90 Å². The first-order chi connectivity index (χ1) is 6.77. The van der Waals surface area contributed by atoms with Crippen LogP contribution in [0.1, 0.15) is 52.9 Å². The third kappa shape index (κ3) is 1.91. The van der Waals surface area contributed by atoms with Gasteiger partial charge in [-0.2, -0.15) is 0 Å². The van der Waals surface area contributed by atoms with E-state index in [2.05, 4.69) is 20.8 Å². The Balaban J connectivity index is 2.05. The third-order valence-electron chi connectivity index (χ3n) is 3.63. The van der Waals surface area contributed by atoms with E-state index < -0.39 is 10.7 Å². The molecule has 1 spiro atoms. The molecule has 0 bridgehead atoms. The van der Waals surface area contributed by atoms with Crippen LogP contribution in [0.4, 0.5) is 0 Å². The summed E-state index contributed by atoms with van der Waals surface area (Å²) in [6.45, 7) is 6.32.